The number of nitrogens with zero attached hydrogens (tertiary/aromatic N) is 3. The minimum Gasteiger partial charge on any atom is -0.481 e. The van der Waals surface area contributed by atoms with Crippen molar-refractivity contribution in [2.75, 3.05) is 12.8 Å². The van der Waals surface area contributed by atoms with E-state index in [2.05, 4.69) is 15.2 Å². The predicted molar refractivity (Wildman–Crippen MR) is 63.2 cm³/mol. The molecule has 0 radical (unpaired) electrons. The number of anilines is 1. The fourth-order valence-corrected chi connectivity index (χ4v) is 1.95. The maximum Gasteiger partial charge on any atom is 0.343 e. The van der Waals surface area contributed by atoms with Crippen LogP contribution in [0, 0.1) is 0 Å². The maximum atomic E-state index is 11.2. The van der Waals surface area contributed by atoms with Crippen molar-refractivity contribution in [1.82, 2.24) is 19.7 Å². The molecule has 8 heteroatoms. The molecule has 17 heavy (non-hydrogen) atoms. The van der Waals surface area contributed by atoms with Gasteiger partial charge in [0.25, 0.3) is 0 Å². The Morgan fingerprint density at radius 2 is 2.29 bits per heavy atom. The van der Waals surface area contributed by atoms with E-state index in [-0.39, 0.29) is 5.69 Å². The molecule has 90 valence electrons. The van der Waals surface area contributed by atoms with Crippen LogP contribution in [-0.2, 0) is 7.05 Å². The number of methoxy groups -OCH3 is 1. The van der Waals surface area contributed by atoms with Crippen LogP contribution in [0.25, 0.3) is 0 Å². The predicted octanol–water partition coefficient (Wildman–Crippen LogP) is 0.245. The van der Waals surface area contributed by atoms with E-state index in [9.17, 15) is 4.79 Å². The summed E-state index contributed by atoms with van der Waals surface area (Å²) in [4.78, 5) is 15.4. The Balaban J connectivity index is 2.35. The summed E-state index contributed by atoms with van der Waals surface area (Å²) in [6.45, 7) is 0. The Morgan fingerprint density at radius 3 is 2.88 bits per heavy atom. The molecule has 0 fully saturated rings. The van der Waals surface area contributed by atoms with Gasteiger partial charge in [0.05, 0.1) is 12.8 Å². The molecule has 0 spiro atoms. The lowest BCUT2D eigenvalue weighted by atomic mass is 10.4. The summed E-state index contributed by atoms with van der Waals surface area (Å²) in [5.74, 6) is 0.460. The van der Waals surface area contributed by atoms with Crippen molar-refractivity contribution >= 4 is 17.4 Å². The van der Waals surface area contributed by atoms with E-state index in [0.29, 0.717) is 21.7 Å². The number of aromatic amines is 1. The first-order valence-corrected chi connectivity index (χ1v) is 5.53. The van der Waals surface area contributed by atoms with E-state index in [0.717, 1.165) is 0 Å². The molecular formula is C9H11N5O2S. The van der Waals surface area contributed by atoms with Crippen molar-refractivity contribution < 1.29 is 4.74 Å². The Morgan fingerprint density at radius 1 is 1.53 bits per heavy atom. The number of hydrogen-bond acceptors (Lipinski definition) is 6. The fourth-order valence-electron chi connectivity index (χ4n) is 1.14. The van der Waals surface area contributed by atoms with Gasteiger partial charge in [0, 0.05) is 13.1 Å². The second kappa shape index (κ2) is 4.50. The Kier molecular flexibility index (Phi) is 3.05. The average Bonchev–Trinajstić information content (AvgIpc) is 2.64. The second-order valence-corrected chi connectivity index (χ2v) is 4.18. The van der Waals surface area contributed by atoms with E-state index in [1.165, 1.54) is 23.4 Å². The molecule has 3 N–H and O–H groups in total. The van der Waals surface area contributed by atoms with Crippen molar-refractivity contribution in [2.45, 2.75) is 10.2 Å². The van der Waals surface area contributed by atoms with E-state index >= 15 is 0 Å². The van der Waals surface area contributed by atoms with Crippen LogP contribution in [0.1, 0.15) is 0 Å². The fraction of sp³-hybridized carbons (Fsp3) is 0.222. The third-order valence-corrected chi connectivity index (χ3v) is 3.17. The molecule has 0 unspecified atom stereocenters. The Hall–Kier alpha value is -1.96. The topological polar surface area (TPSA) is 98.8 Å². The minimum atomic E-state index is -0.283. The van der Waals surface area contributed by atoms with Crippen LogP contribution in [-0.4, -0.2) is 26.9 Å². The van der Waals surface area contributed by atoms with Crippen LogP contribution in [0.3, 0.4) is 0 Å². The molecule has 0 aliphatic heterocycles. The lowest BCUT2D eigenvalue weighted by Crippen LogP contribution is -2.12. The first kappa shape index (κ1) is 11.5. The largest absolute Gasteiger partial charge is 0.481 e. The number of hydrogen-bond donors (Lipinski definition) is 2. The number of pyridine rings is 1. The van der Waals surface area contributed by atoms with Gasteiger partial charge in [-0.3, -0.25) is 4.57 Å². The van der Waals surface area contributed by atoms with Crippen molar-refractivity contribution in [2.24, 2.45) is 7.05 Å². The zero-order valence-electron chi connectivity index (χ0n) is 9.30. The van der Waals surface area contributed by atoms with Crippen LogP contribution in [0.4, 0.5) is 5.69 Å². The molecule has 0 saturated carbocycles. The van der Waals surface area contributed by atoms with Crippen molar-refractivity contribution in [3.8, 4) is 5.88 Å². The highest BCUT2D eigenvalue weighted by atomic mass is 32.2. The van der Waals surface area contributed by atoms with Gasteiger partial charge in [-0.25, -0.2) is 14.9 Å². The molecular weight excluding hydrogens is 242 g/mol. The summed E-state index contributed by atoms with van der Waals surface area (Å²) in [5, 5.41) is 7.24. The maximum absolute atomic E-state index is 11.2. The summed E-state index contributed by atoms with van der Waals surface area (Å²) < 4.78 is 6.39. The third-order valence-electron chi connectivity index (χ3n) is 2.10. The Bertz CT molecular complexity index is 591. The summed E-state index contributed by atoms with van der Waals surface area (Å²) in [5.41, 5.74) is 6.01. The van der Waals surface area contributed by atoms with Crippen LogP contribution < -0.4 is 16.2 Å². The van der Waals surface area contributed by atoms with Gasteiger partial charge in [-0.15, -0.1) is 5.10 Å². The van der Waals surface area contributed by atoms with Crippen molar-refractivity contribution in [3.63, 3.8) is 0 Å². The van der Waals surface area contributed by atoms with E-state index in [1.807, 2.05) is 0 Å². The van der Waals surface area contributed by atoms with Crippen LogP contribution >= 0.6 is 11.8 Å². The number of nitrogen functional groups attached to an aromatic ring is 1. The zero-order chi connectivity index (χ0) is 12.4. The highest BCUT2D eigenvalue weighted by Crippen LogP contribution is 2.29. The molecule has 0 aromatic carbocycles. The molecule has 2 aromatic heterocycles. The zero-order valence-corrected chi connectivity index (χ0v) is 10.1. The minimum absolute atomic E-state index is 0.283. The Labute approximate surface area is 101 Å². The van der Waals surface area contributed by atoms with Gasteiger partial charge in [0.2, 0.25) is 5.88 Å². The number of nitrogens with two attached hydrogens (primary N) is 1. The lowest BCUT2D eigenvalue weighted by molar-refractivity contribution is 0.395. The number of nitrogens with one attached hydrogen (secondary N) is 1. The summed E-state index contributed by atoms with van der Waals surface area (Å²) >= 11 is 1.20. The molecule has 2 aromatic rings. The van der Waals surface area contributed by atoms with Crippen molar-refractivity contribution in [1.29, 1.82) is 0 Å². The first-order chi connectivity index (χ1) is 8.11. The van der Waals surface area contributed by atoms with E-state index < -0.39 is 0 Å². The lowest BCUT2D eigenvalue weighted by Gasteiger charge is -2.05. The average molecular weight is 253 g/mol. The molecule has 0 bridgehead atoms. The molecule has 2 rings (SSSR count). The first-order valence-electron chi connectivity index (χ1n) is 4.71. The number of ether oxygens (including phenoxy) is 1. The quantitative estimate of drug-likeness (QED) is 0.813. The summed E-state index contributed by atoms with van der Waals surface area (Å²) in [6.07, 6.45) is 0. The normalized spacial score (nSPS) is 10.5. The van der Waals surface area contributed by atoms with E-state index in [1.54, 1.807) is 19.2 Å². The monoisotopic (exact) mass is 253 g/mol. The van der Waals surface area contributed by atoms with Gasteiger partial charge >= 0.3 is 5.69 Å². The van der Waals surface area contributed by atoms with Gasteiger partial charge in [-0.05, 0) is 17.8 Å². The molecule has 0 aliphatic carbocycles. The SMILES string of the molecule is COc1ccc(N)c(Sc2n[nH]c(=O)n2C)n1. The smallest absolute Gasteiger partial charge is 0.343 e. The van der Waals surface area contributed by atoms with Gasteiger partial charge in [-0.2, -0.15) is 0 Å². The molecule has 0 atom stereocenters. The van der Waals surface area contributed by atoms with E-state index in [4.69, 9.17) is 10.5 Å². The standard InChI is InChI=1S/C9H11N5O2S/c1-14-8(15)12-13-9(14)17-7-5(10)3-4-6(11-7)16-2/h3-4H,10H2,1-2H3,(H,12,15). The number of H-pyrrole nitrogens is 1. The van der Waals surface area contributed by atoms with Gasteiger partial charge < -0.3 is 10.5 Å². The molecule has 7 nitrogen and oxygen atoms in total. The summed E-state index contributed by atoms with van der Waals surface area (Å²) in [7, 11) is 3.14. The highest BCUT2D eigenvalue weighted by Gasteiger charge is 2.11. The number of rotatable bonds is 3. The van der Waals surface area contributed by atoms with Crippen LogP contribution in [0.5, 0.6) is 5.88 Å². The van der Waals surface area contributed by atoms with Crippen molar-refractivity contribution in [3.05, 3.63) is 22.6 Å². The molecule has 0 aliphatic rings. The van der Waals surface area contributed by atoms with Gasteiger partial charge in [0.1, 0.15) is 5.03 Å². The molecule has 0 amide bonds. The third kappa shape index (κ3) is 2.26. The van der Waals surface area contributed by atoms with Crippen LogP contribution in [0.2, 0.25) is 0 Å². The van der Waals surface area contributed by atoms with Gasteiger partial charge in [-0.1, -0.05) is 0 Å². The molecule has 2 heterocycles. The molecule has 0 saturated heterocycles. The second-order valence-electron chi connectivity index (χ2n) is 3.22. The summed E-state index contributed by atoms with van der Waals surface area (Å²) in [6, 6.07) is 3.36. The van der Waals surface area contributed by atoms with Crippen LogP contribution in [0.15, 0.2) is 27.1 Å². The van der Waals surface area contributed by atoms with Gasteiger partial charge in [0.15, 0.2) is 5.16 Å². The number of aromatic nitrogens is 4. The highest BCUT2D eigenvalue weighted by molar-refractivity contribution is 7.99.